The van der Waals surface area contributed by atoms with E-state index in [-0.39, 0.29) is 18.6 Å². The highest BCUT2D eigenvalue weighted by atomic mass is 16.4. The van der Waals surface area contributed by atoms with Gasteiger partial charge in [0.2, 0.25) is 0 Å². The minimum absolute atomic E-state index is 0.106. The van der Waals surface area contributed by atoms with Crippen molar-refractivity contribution < 1.29 is 14.7 Å². The van der Waals surface area contributed by atoms with Crippen molar-refractivity contribution >= 4 is 17.7 Å². The summed E-state index contributed by atoms with van der Waals surface area (Å²) in [5.74, 6) is -0.919. The van der Waals surface area contributed by atoms with Gasteiger partial charge in [-0.05, 0) is 37.3 Å². The van der Waals surface area contributed by atoms with Crippen LogP contribution in [0.5, 0.6) is 0 Å². The third-order valence-corrected chi connectivity index (χ3v) is 4.71. The fourth-order valence-corrected chi connectivity index (χ4v) is 3.06. The Morgan fingerprint density at radius 3 is 2.62 bits per heavy atom. The lowest BCUT2D eigenvalue weighted by atomic mass is 10.0. The summed E-state index contributed by atoms with van der Waals surface area (Å²) < 4.78 is 0. The number of amides is 2. The number of carbonyl (C=O) groups excluding carboxylic acids is 1. The van der Waals surface area contributed by atoms with Crippen LogP contribution in [0.2, 0.25) is 0 Å². The van der Waals surface area contributed by atoms with Gasteiger partial charge >= 0.3 is 12.0 Å². The van der Waals surface area contributed by atoms with E-state index in [9.17, 15) is 14.7 Å². The van der Waals surface area contributed by atoms with Crippen molar-refractivity contribution in [3.05, 3.63) is 29.8 Å². The molecule has 2 amide bonds. The van der Waals surface area contributed by atoms with Crippen molar-refractivity contribution in [3.63, 3.8) is 0 Å². The van der Waals surface area contributed by atoms with Crippen molar-refractivity contribution in [1.29, 1.82) is 0 Å². The van der Waals surface area contributed by atoms with E-state index >= 15 is 0 Å². The smallest absolute Gasteiger partial charge is 0.324 e. The molecule has 112 valence electrons. The average Bonchev–Trinajstić information content (AvgIpc) is 3.25. The van der Waals surface area contributed by atoms with Gasteiger partial charge < -0.3 is 10.0 Å². The first-order valence-corrected chi connectivity index (χ1v) is 7.36. The maximum atomic E-state index is 12.7. The molecule has 2 atom stereocenters. The number of fused-ring (bicyclic) bond motifs is 1. The van der Waals surface area contributed by atoms with Gasteiger partial charge in [-0.3, -0.25) is 9.69 Å². The number of carboxylic acids is 1. The van der Waals surface area contributed by atoms with Gasteiger partial charge in [0, 0.05) is 25.3 Å². The van der Waals surface area contributed by atoms with E-state index in [0.717, 1.165) is 11.3 Å². The first kappa shape index (κ1) is 13.9. The van der Waals surface area contributed by atoms with Crippen LogP contribution in [0.4, 0.5) is 10.5 Å². The number of rotatable bonds is 3. The summed E-state index contributed by atoms with van der Waals surface area (Å²) in [5.41, 5.74) is 1.45. The number of anilines is 1. The number of carbonyl (C=O) groups is 2. The summed E-state index contributed by atoms with van der Waals surface area (Å²) in [4.78, 5) is 27.5. The topological polar surface area (TPSA) is 60.9 Å². The molecule has 2 aliphatic rings. The summed E-state index contributed by atoms with van der Waals surface area (Å²) in [6.45, 7) is 2.28. The largest absolute Gasteiger partial charge is 0.481 e. The molecule has 1 aliphatic heterocycles. The molecular formula is C16H20N2O3. The van der Waals surface area contributed by atoms with E-state index in [4.69, 9.17) is 0 Å². The van der Waals surface area contributed by atoms with Crippen LogP contribution >= 0.6 is 0 Å². The third kappa shape index (κ3) is 2.37. The molecular weight excluding hydrogens is 268 g/mol. The lowest BCUT2D eigenvalue weighted by molar-refractivity contribution is -0.138. The van der Waals surface area contributed by atoms with Crippen molar-refractivity contribution in [2.75, 3.05) is 18.5 Å². The highest BCUT2D eigenvalue weighted by Crippen LogP contribution is 2.39. The van der Waals surface area contributed by atoms with Gasteiger partial charge in [-0.25, -0.2) is 4.79 Å². The predicted octanol–water partition coefficient (Wildman–Crippen LogP) is 2.53. The Hall–Kier alpha value is -2.04. The molecule has 1 heterocycles. The maximum absolute atomic E-state index is 12.7. The number of carboxylic acid groups (broad SMARTS) is 1. The molecule has 0 bridgehead atoms. The van der Waals surface area contributed by atoms with Gasteiger partial charge in [0.25, 0.3) is 0 Å². The van der Waals surface area contributed by atoms with Crippen LogP contribution < -0.4 is 4.90 Å². The zero-order chi connectivity index (χ0) is 15.1. The van der Waals surface area contributed by atoms with Crippen LogP contribution in [0, 0.1) is 5.92 Å². The number of hydrogen-bond acceptors (Lipinski definition) is 2. The zero-order valence-electron chi connectivity index (χ0n) is 12.3. The number of hydrogen-bond donors (Lipinski definition) is 1. The van der Waals surface area contributed by atoms with Gasteiger partial charge in [-0.2, -0.15) is 0 Å². The third-order valence-electron chi connectivity index (χ3n) is 4.71. The summed E-state index contributed by atoms with van der Waals surface area (Å²) in [7, 11) is 1.81. The number of para-hydroxylation sites is 1. The number of benzene rings is 1. The minimum atomic E-state index is -0.879. The first-order valence-electron chi connectivity index (χ1n) is 7.36. The summed E-state index contributed by atoms with van der Waals surface area (Å²) in [5, 5.41) is 9.35. The SMILES string of the molecule is CC(C1CC1)N(C)C(=O)N1CC(C(=O)O)c2ccccc21. The highest BCUT2D eigenvalue weighted by molar-refractivity contribution is 5.98. The number of nitrogens with zero attached hydrogens (tertiary/aromatic N) is 2. The molecule has 3 rings (SSSR count). The number of urea groups is 1. The Morgan fingerprint density at radius 1 is 1.33 bits per heavy atom. The molecule has 21 heavy (non-hydrogen) atoms. The van der Waals surface area contributed by atoms with Crippen LogP contribution in [0.25, 0.3) is 0 Å². The van der Waals surface area contributed by atoms with Crippen LogP contribution in [-0.4, -0.2) is 41.6 Å². The fourth-order valence-electron chi connectivity index (χ4n) is 3.06. The highest BCUT2D eigenvalue weighted by Gasteiger charge is 2.40. The molecule has 0 spiro atoms. The fraction of sp³-hybridized carbons (Fsp3) is 0.500. The molecule has 1 aliphatic carbocycles. The molecule has 1 aromatic rings. The lowest BCUT2D eigenvalue weighted by Crippen LogP contribution is -2.45. The van der Waals surface area contributed by atoms with Crippen LogP contribution in [0.15, 0.2) is 24.3 Å². The van der Waals surface area contributed by atoms with E-state index < -0.39 is 11.9 Å². The average molecular weight is 288 g/mol. The normalized spacial score (nSPS) is 21.8. The molecule has 1 fully saturated rings. The van der Waals surface area contributed by atoms with Crippen molar-refractivity contribution in [2.45, 2.75) is 31.7 Å². The molecule has 0 aromatic heterocycles. The second-order valence-electron chi connectivity index (χ2n) is 6.03. The van der Waals surface area contributed by atoms with Crippen molar-refractivity contribution in [2.24, 2.45) is 5.92 Å². The van der Waals surface area contributed by atoms with E-state index in [0.29, 0.717) is 5.92 Å². The van der Waals surface area contributed by atoms with E-state index in [1.807, 2.05) is 25.2 Å². The Balaban J connectivity index is 1.85. The van der Waals surface area contributed by atoms with Gasteiger partial charge in [0.15, 0.2) is 0 Å². The zero-order valence-corrected chi connectivity index (χ0v) is 12.3. The number of aliphatic carboxylic acids is 1. The second kappa shape index (κ2) is 5.06. The molecule has 0 saturated heterocycles. The van der Waals surface area contributed by atoms with Crippen LogP contribution in [0.1, 0.15) is 31.2 Å². The molecule has 1 aromatic carbocycles. The first-order chi connectivity index (χ1) is 10.0. The van der Waals surface area contributed by atoms with Gasteiger partial charge in [-0.1, -0.05) is 18.2 Å². The quantitative estimate of drug-likeness (QED) is 0.929. The predicted molar refractivity (Wildman–Crippen MR) is 79.5 cm³/mol. The molecule has 1 saturated carbocycles. The monoisotopic (exact) mass is 288 g/mol. The Kier molecular flexibility index (Phi) is 3.35. The summed E-state index contributed by atoms with van der Waals surface area (Å²) in [6.07, 6.45) is 2.35. The van der Waals surface area contributed by atoms with Gasteiger partial charge in [0.1, 0.15) is 5.92 Å². The molecule has 2 unspecified atom stereocenters. The molecule has 0 radical (unpaired) electrons. The maximum Gasteiger partial charge on any atom is 0.324 e. The summed E-state index contributed by atoms with van der Waals surface area (Å²) in [6, 6.07) is 7.38. The Morgan fingerprint density at radius 2 is 2.00 bits per heavy atom. The minimum Gasteiger partial charge on any atom is -0.481 e. The molecule has 5 nitrogen and oxygen atoms in total. The second-order valence-corrected chi connectivity index (χ2v) is 6.03. The van der Waals surface area contributed by atoms with Crippen LogP contribution in [0.3, 0.4) is 0 Å². The van der Waals surface area contributed by atoms with E-state index in [2.05, 4.69) is 6.92 Å². The molecule has 1 N–H and O–H groups in total. The Bertz CT molecular complexity index is 583. The van der Waals surface area contributed by atoms with Gasteiger partial charge in [0.05, 0.1) is 0 Å². The van der Waals surface area contributed by atoms with Crippen molar-refractivity contribution in [3.8, 4) is 0 Å². The summed E-state index contributed by atoms with van der Waals surface area (Å²) >= 11 is 0. The lowest BCUT2D eigenvalue weighted by Gasteiger charge is -2.30. The van der Waals surface area contributed by atoms with Crippen LogP contribution in [-0.2, 0) is 4.79 Å². The molecule has 5 heteroatoms. The van der Waals surface area contributed by atoms with E-state index in [1.165, 1.54) is 12.8 Å². The van der Waals surface area contributed by atoms with Crippen molar-refractivity contribution in [1.82, 2.24) is 4.90 Å². The van der Waals surface area contributed by atoms with Gasteiger partial charge in [-0.15, -0.1) is 0 Å². The Labute approximate surface area is 124 Å². The van der Waals surface area contributed by atoms with E-state index in [1.54, 1.807) is 15.9 Å². The standard InChI is InChI=1S/C16H20N2O3/c1-10(11-7-8-11)17(2)16(21)18-9-13(15(19)20)12-5-3-4-6-14(12)18/h3-6,10-11,13H,7-9H2,1-2H3,(H,19,20).